The molecule has 0 unspecified atom stereocenters. The largest absolute Gasteiger partial charge is 0.507 e. The molecule has 2 aliphatic rings. The van der Waals surface area contributed by atoms with Gasteiger partial charge in [-0.2, -0.15) is 14.4 Å². The van der Waals surface area contributed by atoms with Gasteiger partial charge in [0.1, 0.15) is 5.75 Å². The lowest BCUT2D eigenvalue weighted by molar-refractivity contribution is 0.122. The molecule has 0 aliphatic carbocycles. The van der Waals surface area contributed by atoms with E-state index in [9.17, 15) is 13.5 Å². The molecule has 2 aromatic heterocycles. The topological polar surface area (TPSA) is 123 Å². The van der Waals surface area contributed by atoms with E-state index in [4.69, 9.17) is 21.3 Å². The van der Waals surface area contributed by atoms with Crippen LogP contribution in [0.1, 0.15) is 5.56 Å². The van der Waals surface area contributed by atoms with Crippen LogP contribution in [0.3, 0.4) is 0 Å². The average Bonchev–Trinajstić information content (AvgIpc) is 3.29. The molecule has 2 saturated heterocycles. The van der Waals surface area contributed by atoms with Gasteiger partial charge in [-0.05, 0) is 24.3 Å². The number of sulfonamides is 1. The van der Waals surface area contributed by atoms with Gasteiger partial charge in [0.15, 0.2) is 5.82 Å². The highest BCUT2D eigenvalue weighted by Gasteiger charge is 2.26. The zero-order valence-electron chi connectivity index (χ0n) is 19.6. The Morgan fingerprint density at radius 3 is 2.56 bits per heavy atom. The minimum absolute atomic E-state index is 0.0249. The Kier molecular flexibility index (Phi) is 7.17. The SMILES string of the molecule is CS(=O)(=O)N1CCN(c2cc3nc(N/N=C/c4ccc(Cl)cc4O)nc(N4CCOCC4)c3s2)CC1. The first kappa shape index (κ1) is 25.0. The summed E-state index contributed by atoms with van der Waals surface area (Å²) in [7, 11) is -3.19. The summed E-state index contributed by atoms with van der Waals surface area (Å²) in [6.07, 6.45) is 2.73. The zero-order valence-corrected chi connectivity index (χ0v) is 22.0. The van der Waals surface area contributed by atoms with Gasteiger partial charge in [0.25, 0.3) is 0 Å². The third kappa shape index (κ3) is 5.49. The van der Waals surface area contributed by atoms with Crippen molar-refractivity contribution < 1.29 is 18.3 Å². The lowest BCUT2D eigenvalue weighted by Crippen LogP contribution is -2.48. The molecule has 0 spiro atoms. The molecule has 4 heterocycles. The second-order valence-corrected chi connectivity index (χ2v) is 11.9. The quantitative estimate of drug-likeness (QED) is 0.351. The van der Waals surface area contributed by atoms with Crippen LogP contribution in [-0.2, 0) is 14.8 Å². The molecular weight excluding hydrogens is 526 g/mol. The number of ether oxygens (including phenoxy) is 1. The van der Waals surface area contributed by atoms with Gasteiger partial charge in [-0.3, -0.25) is 0 Å². The van der Waals surface area contributed by atoms with Crippen molar-refractivity contribution in [2.45, 2.75) is 0 Å². The molecule has 1 aromatic carbocycles. The second-order valence-electron chi connectivity index (χ2n) is 8.49. The van der Waals surface area contributed by atoms with Crippen molar-refractivity contribution >= 4 is 66.2 Å². The first-order valence-electron chi connectivity index (χ1n) is 11.4. The van der Waals surface area contributed by atoms with E-state index in [-0.39, 0.29) is 5.75 Å². The number of thiophene rings is 1. The van der Waals surface area contributed by atoms with Crippen molar-refractivity contribution in [2.24, 2.45) is 5.10 Å². The summed E-state index contributed by atoms with van der Waals surface area (Å²) in [6, 6.07) is 6.80. The molecule has 5 rings (SSSR count). The molecule has 0 atom stereocenters. The van der Waals surface area contributed by atoms with Crippen LogP contribution in [0.15, 0.2) is 29.4 Å². The number of fused-ring (bicyclic) bond motifs is 1. The number of aromatic nitrogens is 2. The highest BCUT2D eigenvalue weighted by atomic mass is 35.5. The molecule has 2 fully saturated rings. The maximum atomic E-state index is 11.9. The first-order valence-corrected chi connectivity index (χ1v) is 14.4. The highest BCUT2D eigenvalue weighted by Crippen LogP contribution is 2.38. The summed E-state index contributed by atoms with van der Waals surface area (Å²) in [4.78, 5) is 13.8. The van der Waals surface area contributed by atoms with E-state index < -0.39 is 10.0 Å². The lowest BCUT2D eigenvalue weighted by atomic mass is 10.2. The Morgan fingerprint density at radius 1 is 1.11 bits per heavy atom. The van der Waals surface area contributed by atoms with E-state index in [0.717, 1.165) is 21.0 Å². The van der Waals surface area contributed by atoms with E-state index >= 15 is 0 Å². The molecule has 0 radical (unpaired) electrons. The summed E-state index contributed by atoms with van der Waals surface area (Å²) >= 11 is 7.50. The Bertz CT molecular complexity index is 1380. The summed E-state index contributed by atoms with van der Waals surface area (Å²) in [5.74, 6) is 1.16. The maximum absolute atomic E-state index is 11.9. The van der Waals surface area contributed by atoms with Crippen molar-refractivity contribution in [3.63, 3.8) is 0 Å². The summed E-state index contributed by atoms with van der Waals surface area (Å²) in [5, 5.41) is 15.7. The number of anilines is 3. The van der Waals surface area contributed by atoms with Crippen LogP contribution in [0.2, 0.25) is 5.02 Å². The number of piperazine rings is 1. The maximum Gasteiger partial charge on any atom is 0.246 e. The number of aromatic hydroxyl groups is 1. The normalized spacial score (nSPS) is 17.8. The monoisotopic (exact) mass is 551 g/mol. The van der Waals surface area contributed by atoms with Gasteiger partial charge in [0.05, 0.1) is 40.9 Å². The van der Waals surface area contributed by atoms with Gasteiger partial charge in [-0.25, -0.2) is 18.8 Å². The highest BCUT2D eigenvalue weighted by molar-refractivity contribution is 7.88. The Hall–Kier alpha value is -2.71. The lowest BCUT2D eigenvalue weighted by Gasteiger charge is -2.33. The standard InChI is InChI=1S/C22H26ClN7O4S2/c1-36(32,33)30-6-4-28(5-7-30)19-13-17-20(35-19)21(29-8-10-34-11-9-29)26-22(25-17)27-24-14-15-2-3-16(23)12-18(15)31/h2-3,12-14,31H,4-11H2,1H3,(H,25,26,27)/b24-14+. The third-order valence-corrected chi connectivity index (χ3v) is 8.75. The molecule has 2 aliphatic heterocycles. The van der Waals surface area contributed by atoms with Crippen molar-refractivity contribution in [3.05, 3.63) is 34.9 Å². The van der Waals surface area contributed by atoms with Crippen LogP contribution in [0.5, 0.6) is 5.75 Å². The molecule has 0 amide bonds. The molecule has 0 saturated carbocycles. The Morgan fingerprint density at radius 2 is 1.86 bits per heavy atom. The van der Waals surface area contributed by atoms with Crippen LogP contribution in [0, 0.1) is 0 Å². The number of morpholine rings is 1. The van der Waals surface area contributed by atoms with Gasteiger partial charge >= 0.3 is 0 Å². The minimum Gasteiger partial charge on any atom is -0.507 e. The smallest absolute Gasteiger partial charge is 0.246 e. The number of halogens is 1. The van der Waals surface area contributed by atoms with E-state index in [0.29, 0.717) is 69.0 Å². The van der Waals surface area contributed by atoms with Gasteiger partial charge in [0, 0.05) is 49.9 Å². The van der Waals surface area contributed by atoms with E-state index in [1.165, 1.54) is 22.8 Å². The molecule has 3 aromatic rings. The number of hydrogen-bond acceptors (Lipinski definition) is 11. The van der Waals surface area contributed by atoms with Crippen LogP contribution >= 0.6 is 22.9 Å². The van der Waals surface area contributed by atoms with Gasteiger partial charge < -0.3 is 19.6 Å². The fourth-order valence-corrected chi connectivity index (χ4v) is 6.28. The molecule has 192 valence electrons. The van der Waals surface area contributed by atoms with Crippen molar-refractivity contribution in [3.8, 4) is 5.75 Å². The van der Waals surface area contributed by atoms with Crippen LogP contribution in [0.4, 0.5) is 16.8 Å². The Balaban J connectivity index is 1.42. The molecule has 36 heavy (non-hydrogen) atoms. The van der Waals surface area contributed by atoms with E-state index in [2.05, 4.69) is 25.3 Å². The molecule has 2 N–H and O–H groups in total. The number of nitrogens with zero attached hydrogens (tertiary/aromatic N) is 6. The minimum atomic E-state index is -3.19. The fraction of sp³-hybridized carbons (Fsp3) is 0.409. The molecule has 14 heteroatoms. The third-order valence-electron chi connectivity index (χ3n) is 6.03. The van der Waals surface area contributed by atoms with E-state index in [1.807, 2.05) is 6.07 Å². The summed E-state index contributed by atoms with van der Waals surface area (Å²) in [5.41, 5.74) is 4.17. The number of phenols is 1. The fourth-order valence-electron chi connectivity index (χ4n) is 4.12. The number of hydrazone groups is 1. The summed E-state index contributed by atoms with van der Waals surface area (Å²) < 4.78 is 31.7. The molecular formula is C22H26ClN7O4S2. The van der Waals surface area contributed by atoms with Crippen molar-refractivity contribution in [1.29, 1.82) is 0 Å². The van der Waals surface area contributed by atoms with Crippen LogP contribution in [-0.4, -0.2) is 92.8 Å². The van der Waals surface area contributed by atoms with Gasteiger partial charge in [0.2, 0.25) is 16.0 Å². The second kappa shape index (κ2) is 10.3. The summed E-state index contributed by atoms with van der Waals surface area (Å²) in [6.45, 7) is 4.80. The van der Waals surface area contributed by atoms with Gasteiger partial charge in [-0.1, -0.05) is 11.6 Å². The predicted octanol–water partition coefficient (Wildman–Crippen LogP) is 2.41. The number of rotatable bonds is 6. The average molecular weight is 552 g/mol. The predicted molar refractivity (Wildman–Crippen MR) is 143 cm³/mol. The number of benzene rings is 1. The molecule has 0 bridgehead atoms. The zero-order chi connectivity index (χ0) is 25.3. The van der Waals surface area contributed by atoms with Crippen molar-refractivity contribution in [1.82, 2.24) is 14.3 Å². The Labute approximate surface area is 218 Å². The number of nitrogens with one attached hydrogen (secondary N) is 1. The van der Waals surface area contributed by atoms with E-state index in [1.54, 1.807) is 23.5 Å². The first-order chi connectivity index (χ1) is 17.3. The number of hydrogen-bond donors (Lipinski definition) is 2. The van der Waals surface area contributed by atoms with Crippen molar-refractivity contribution in [2.75, 3.05) is 74.0 Å². The van der Waals surface area contributed by atoms with Crippen LogP contribution in [0.25, 0.3) is 10.2 Å². The van der Waals surface area contributed by atoms with Gasteiger partial charge in [-0.15, -0.1) is 11.3 Å². The van der Waals surface area contributed by atoms with Crippen LogP contribution < -0.4 is 15.2 Å². The number of phenolic OH excluding ortho intramolecular Hbond substituents is 1. The molecule has 11 nitrogen and oxygen atoms in total.